The molecule has 2 rings (SSSR count). The van der Waals surface area contributed by atoms with Crippen LogP contribution in [0.5, 0.6) is 0 Å². The van der Waals surface area contributed by atoms with Gasteiger partial charge in [-0.15, -0.1) is 0 Å². The highest BCUT2D eigenvalue weighted by atomic mass is 32.2. The SMILES string of the molecule is CCN(CC1CC1)S(=O)(=O)c1ccc(C#N)c(C)c1. The summed E-state index contributed by atoms with van der Waals surface area (Å²) >= 11 is 0. The molecular formula is C14H18N2O2S. The van der Waals surface area contributed by atoms with E-state index in [0.717, 1.165) is 12.8 Å². The molecule has 0 N–H and O–H groups in total. The Morgan fingerprint density at radius 1 is 1.42 bits per heavy atom. The first kappa shape index (κ1) is 14.0. The van der Waals surface area contributed by atoms with E-state index >= 15 is 0 Å². The van der Waals surface area contributed by atoms with Crippen molar-refractivity contribution < 1.29 is 8.42 Å². The minimum atomic E-state index is -3.43. The molecule has 19 heavy (non-hydrogen) atoms. The molecule has 0 aliphatic heterocycles. The lowest BCUT2D eigenvalue weighted by molar-refractivity contribution is 0.412. The fraction of sp³-hybridized carbons (Fsp3) is 0.500. The van der Waals surface area contributed by atoms with Gasteiger partial charge in [0, 0.05) is 13.1 Å². The molecule has 0 radical (unpaired) electrons. The van der Waals surface area contributed by atoms with Crippen LogP contribution in [0.4, 0.5) is 0 Å². The second kappa shape index (κ2) is 5.32. The number of nitriles is 1. The number of hydrogen-bond acceptors (Lipinski definition) is 3. The molecule has 1 aromatic rings. The summed E-state index contributed by atoms with van der Waals surface area (Å²) in [7, 11) is -3.43. The molecule has 102 valence electrons. The molecule has 0 spiro atoms. The predicted octanol–water partition coefficient (Wildman–Crippen LogP) is 2.29. The van der Waals surface area contributed by atoms with E-state index in [9.17, 15) is 8.42 Å². The van der Waals surface area contributed by atoms with Gasteiger partial charge in [-0.2, -0.15) is 9.57 Å². The Hall–Kier alpha value is -1.38. The largest absolute Gasteiger partial charge is 0.243 e. The molecular weight excluding hydrogens is 260 g/mol. The predicted molar refractivity (Wildman–Crippen MR) is 73.1 cm³/mol. The van der Waals surface area contributed by atoms with E-state index in [4.69, 9.17) is 5.26 Å². The van der Waals surface area contributed by atoms with Crippen LogP contribution in [0.2, 0.25) is 0 Å². The summed E-state index contributed by atoms with van der Waals surface area (Å²) in [6, 6.07) is 6.74. The van der Waals surface area contributed by atoms with Gasteiger partial charge in [-0.25, -0.2) is 8.42 Å². The fourth-order valence-electron chi connectivity index (χ4n) is 2.06. The standard InChI is InChI=1S/C14H18N2O2S/c1-3-16(10-12-4-5-12)19(17,18)14-7-6-13(9-15)11(2)8-14/h6-8,12H,3-5,10H2,1-2H3. The zero-order valence-corrected chi connectivity index (χ0v) is 12.1. The lowest BCUT2D eigenvalue weighted by Crippen LogP contribution is -2.32. The minimum Gasteiger partial charge on any atom is -0.207 e. The Kier molecular flexibility index (Phi) is 3.93. The number of nitrogens with zero attached hydrogens (tertiary/aromatic N) is 2. The van der Waals surface area contributed by atoms with Crippen LogP contribution in [0, 0.1) is 24.2 Å². The molecule has 4 nitrogen and oxygen atoms in total. The molecule has 0 aromatic heterocycles. The summed E-state index contributed by atoms with van der Waals surface area (Å²) in [6.07, 6.45) is 2.25. The molecule has 0 saturated heterocycles. The first-order valence-electron chi connectivity index (χ1n) is 6.50. The topological polar surface area (TPSA) is 61.2 Å². The zero-order valence-electron chi connectivity index (χ0n) is 11.3. The van der Waals surface area contributed by atoms with Crippen molar-refractivity contribution in [2.24, 2.45) is 5.92 Å². The molecule has 1 aliphatic carbocycles. The van der Waals surface area contributed by atoms with Gasteiger partial charge in [0.2, 0.25) is 10.0 Å². The summed E-state index contributed by atoms with van der Waals surface area (Å²) in [5.41, 5.74) is 1.22. The third kappa shape index (κ3) is 2.96. The van der Waals surface area contributed by atoms with Crippen LogP contribution in [0.1, 0.15) is 30.9 Å². The molecule has 1 saturated carbocycles. The second-order valence-corrected chi connectivity index (χ2v) is 6.93. The number of benzene rings is 1. The maximum Gasteiger partial charge on any atom is 0.243 e. The van der Waals surface area contributed by atoms with Crippen LogP contribution in [0.15, 0.2) is 23.1 Å². The number of sulfonamides is 1. The smallest absolute Gasteiger partial charge is 0.207 e. The van der Waals surface area contributed by atoms with Crippen LogP contribution in [0.3, 0.4) is 0 Å². The molecule has 1 fully saturated rings. The van der Waals surface area contributed by atoms with Gasteiger partial charge in [0.25, 0.3) is 0 Å². The van der Waals surface area contributed by atoms with Crippen LogP contribution in [0.25, 0.3) is 0 Å². The second-order valence-electron chi connectivity index (χ2n) is 4.99. The Bertz CT molecular complexity index is 613. The van der Waals surface area contributed by atoms with Gasteiger partial charge in [0.15, 0.2) is 0 Å². The Balaban J connectivity index is 2.32. The van der Waals surface area contributed by atoms with E-state index in [-0.39, 0.29) is 4.90 Å². The van der Waals surface area contributed by atoms with Crippen LogP contribution >= 0.6 is 0 Å². The van der Waals surface area contributed by atoms with E-state index in [1.54, 1.807) is 19.1 Å². The third-order valence-electron chi connectivity index (χ3n) is 3.47. The summed E-state index contributed by atoms with van der Waals surface area (Å²) < 4.78 is 26.6. The van der Waals surface area contributed by atoms with Crippen LogP contribution in [-0.4, -0.2) is 25.8 Å². The monoisotopic (exact) mass is 278 g/mol. The summed E-state index contributed by atoms with van der Waals surface area (Å²) in [4.78, 5) is 0.284. The normalized spacial score (nSPS) is 15.5. The van der Waals surface area contributed by atoms with Gasteiger partial charge in [-0.3, -0.25) is 0 Å². The van der Waals surface area contributed by atoms with Crippen molar-refractivity contribution in [3.63, 3.8) is 0 Å². The van der Waals surface area contributed by atoms with Gasteiger partial charge in [-0.05, 0) is 49.4 Å². The van der Waals surface area contributed by atoms with E-state index < -0.39 is 10.0 Å². The molecule has 0 amide bonds. The van der Waals surface area contributed by atoms with Gasteiger partial charge in [0.1, 0.15) is 0 Å². The molecule has 0 atom stereocenters. The van der Waals surface area contributed by atoms with Crippen molar-refractivity contribution in [3.8, 4) is 6.07 Å². The van der Waals surface area contributed by atoms with Gasteiger partial charge in [0.05, 0.1) is 16.5 Å². The average Bonchev–Trinajstić information content (AvgIpc) is 3.19. The van der Waals surface area contributed by atoms with Crippen LogP contribution < -0.4 is 0 Å². The highest BCUT2D eigenvalue weighted by molar-refractivity contribution is 7.89. The summed E-state index contributed by atoms with van der Waals surface area (Å²) in [6.45, 7) is 4.71. The highest BCUT2D eigenvalue weighted by Gasteiger charge is 2.30. The van der Waals surface area contributed by atoms with E-state index in [0.29, 0.717) is 30.1 Å². The van der Waals surface area contributed by atoms with Crippen molar-refractivity contribution in [3.05, 3.63) is 29.3 Å². The lowest BCUT2D eigenvalue weighted by Gasteiger charge is -2.20. The molecule has 0 heterocycles. The maximum absolute atomic E-state index is 12.5. The maximum atomic E-state index is 12.5. The van der Waals surface area contributed by atoms with Crippen molar-refractivity contribution in [2.45, 2.75) is 31.6 Å². The van der Waals surface area contributed by atoms with Crippen molar-refractivity contribution in [2.75, 3.05) is 13.1 Å². The van der Waals surface area contributed by atoms with Gasteiger partial charge < -0.3 is 0 Å². The van der Waals surface area contributed by atoms with E-state index in [1.807, 2.05) is 6.92 Å². The summed E-state index contributed by atoms with van der Waals surface area (Å²) in [5.74, 6) is 0.522. The van der Waals surface area contributed by atoms with Gasteiger partial charge in [-0.1, -0.05) is 6.92 Å². The zero-order chi connectivity index (χ0) is 14.0. The number of aryl methyl sites for hydroxylation is 1. The molecule has 0 unspecified atom stereocenters. The molecule has 0 bridgehead atoms. The molecule has 1 aliphatic rings. The Morgan fingerprint density at radius 3 is 2.58 bits per heavy atom. The minimum absolute atomic E-state index is 0.284. The molecule has 1 aromatic carbocycles. The summed E-state index contributed by atoms with van der Waals surface area (Å²) in [5, 5.41) is 8.88. The van der Waals surface area contributed by atoms with Crippen LogP contribution in [-0.2, 0) is 10.0 Å². The van der Waals surface area contributed by atoms with E-state index in [1.165, 1.54) is 10.4 Å². The first-order valence-corrected chi connectivity index (χ1v) is 7.94. The van der Waals surface area contributed by atoms with Crippen molar-refractivity contribution in [1.82, 2.24) is 4.31 Å². The number of rotatable bonds is 5. The van der Waals surface area contributed by atoms with E-state index in [2.05, 4.69) is 6.07 Å². The Labute approximate surface area is 114 Å². The first-order chi connectivity index (χ1) is 8.98. The molecule has 5 heteroatoms. The van der Waals surface area contributed by atoms with Crippen molar-refractivity contribution >= 4 is 10.0 Å². The average molecular weight is 278 g/mol. The fourth-order valence-corrected chi connectivity index (χ4v) is 3.67. The highest BCUT2D eigenvalue weighted by Crippen LogP contribution is 2.31. The van der Waals surface area contributed by atoms with Crippen molar-refractivity contribution in [1.29, 1.82) is 5.26 Å². The quantitative estimate of drug-likeness (QED) is 0.830. The van der Waals surface area contributed by atoms with Gasteiger partial charge >= 0.3 is 0 Å². The lowest BCUT2D eigenvalue weighted by atomic mass is 10.1. The third-order valence-corrected chi connectivity index (χ3v) is 5.40. The Morgan fingerprint density at radius 2 is 2.11 bits per heavy atom. The number of hydrogen-bond donors (Lipinski definition) is 0.